The summed E-state index contributed by atoms with van der Waals surface area (Å²) in [4.78, 5) is 22.0. The zero-order valence-electron chi connectivity index (χ0n) is 15.0. The van der Waals surface area contributed by atoms with Crippen molar-refractivity contribution < 1.29 is 9.47 Å². The molecule has 1 aliphatic heterocycles. The molecule has 6 nitrogen and oxygen atoms in total. The molecule has 0 bridgehead atoms. The quantitative estimate of drug-likeness (QED) is 0.651. The Labute approximate surface area is 151 Å². The van der Waals surface area contributed by atoms with Crippen LogP contribution in [0.25, 0.3) is 0 Å². The predicted octanol–water partition coefficient (Wildman–Crippen LogP) is 2.38. The van der Waals surface area contributed by atoms with Gasteiger partial charge < -0.3 is 14.5 Å². The molecule has 2 aromatic rings. The van der Waals surface area contributed by atoms with Crippen molar-refractivity contribution >= 4 is 11.8 Å². The number of fused-ring (bicyclic) bond motifs is 1. The number of thioether (sulfide) groups is 1. The van der Waals surface area contributed by atoms with Crippen LogP contribution in [0.3, 0.4) is 0 Å². The Morgan fingerprint density at radius 1 is 1.32 bits per heavy atom. The van der Waals surface area contributed by atoms with E-state index in [-0.39, 0.29) is 5.56 Å². The first-order valence-electron chi connectivity index (χ1n) is 8.15. The fourth-order valence-corrected chi connectivity index (χ4v) is 3.57. The van der Waals surface area contributed by atoms with Gasteiger partial charge >= 0.3 is 0 Å². The van der Waals surface area contributed by atoms with E-state index in [1.54, 1.807) is 14.2 Å². The van der Waals surface area contributed by atoms with Gasteiger partial charge in [-0.25, -0.2) is 4.98 Å². The zero-order valence-corrected chi connectivity index (χ0v) is 15.8. The maximum Gasteiger partial charge on any atom is 0.256 e. The second kappa shape index (κ2) is 7.49. The Kier molecular flexibility index (Phi) is 5.34. The average molecular weight is 361 g/mol. The Hall–Kier alpha value is -1.99. The third-order valence-corrected chi connectivity index (χ3v) is 5.14. The van der Waals surface area contributed by atoms with Crippen LogP contribution in [-0.2, 0) is 19.5 Å². The van der Waals surface area contributed by atoms with E-state index < -0.39 is 0 Å². The van der Waals surface area contributed by atoms with Crippen molar-refractivity contribution in [1.82, 2.24) is 14.9 Å². The van der Waals surface area contributed by atoms with Gasteiger partial charge in [-0.3, -0.25) is 9.69 Å². The lowest BCUT2D eigenvalue weighted by Crippen LogP contribution is -2.35. The average Bonchev–Trinajstić information content (AvgIpc) is 2.63. The van der Waals surface area contributed by atoms with Gasteiger partial charge in [0.15, 0.2) is 5.16 Å². The standard InChI is InChI=1S/C18H23N3O3S/c1-11-7-12(23-2)8-16(24-3)13(11)9-21-6-5-15-14(10-21)17(22)20-18(19-15)25-4/h7-8H,5-6,9-10H2,1-4H3,(H,19,20,22). The van der Waals surface area contributed by atoms with Gasteiger partial charge in [0.05, 0.1) is 25.5 Å². The first-order chi connectivity index (χ1) is 12.0. The first-order valence-corrected chi connectivity index (χ1v) is 9.38. The maximum atomic E-state index is 12.3. The topological polar surface area (TPSA) is 67.5 Å². The number of methoxy groups -OCH3 is 2. The molecule has 0 saturated heterocycles. The lowest BCUT2D eigenvalue weighted by Gasteiger charge is -2.28. The van der Waals surface area contributed by atoms with E-state index in [9.17, 15) is 4.79 Å². The number of hydrogen-bond donors (Lipinski definition) is 1. The normalized spacial score (nSPS) is 14.2. The molecule has 25 heavy (non-hydrogen) atoms. The summed E-state index contributed by atoms with van der Waals surface area (Å²) in [6.07, 6.45) is 2.70. The van der Waals surface area contributed by atoms with Crippen LogP contribution in [0, 0.1) is 6.92 Å². The molecule has 1 aliphatic rings. The van der Waals surface area contributed by atoms with E-state index in [2.05, 4.69) is 21.8 Å². The maximum absolute atomic E-state index is 12.3. The molecule has 0 amide bonds. The van der Waals surface area contributed by atoms with Crippen LogP contribution in [0.4, 0.5) is 0 Å². The van der Waals surface area contributed by atoms with Crippen LogP contribution in [0.15, 0.2) is 22.1 Å². The van der Waals surface area contributed by atoms with Gasteiger partial charge in [-0.1, -0.05) is 11.8 Å². The largest absolute Gasteiger partial charge is 0.497 e. The first kappa shape index (κ1) is 17.8. The molecule has 0 fully saturated rings. The number of rotatable bonds is 5. The number of nitrogens with one attached hydrogen (secondary N) is 1. The summed E-state index contributed by atoms with van der Waals surface area (Å²) in [7, 11) is 3.32. The molecule has 0 saturated carbocycles. The molecule has 1 aromatic carbocycles. The molecular formula is C18H23N3O3S. The summed E-state index contributed by atoms with van der Waals surface area (Å²) >= 11 is 1.46. The van der Waals surface area contributed by atoms with Gasteiger partial charge in [-0.05, 0) is 24.8 Å². The van der Waals surface area contributed by atoms with Gasteiger partial charge in [0.1, 0.15) is 11.5 Å². The van der Waals surface area contributed by atoms with E-state index in [0.717, 1.165) is 53.4 Å². The molecule has 1 N–H and O–H groups in total. The highest BCUT2D eigenvalue weighted by Crippen LogP contribution is 2.30. The minimum atomic E-state index is -0.0301. The van der Waals surface area contributed by atoms with E-state index in [0.29, 0.717) is 11.7 Å². The molecule has 2 heterocycles. The summed E-state index contributed by atoms with van der Waals surface area (Å²) in [6, 6.07) is 3.91. The van der Waals surface area contributed by atoms with E-state index in [1.807, 2.05) is 18.4 Å². The Balaban J connectivity index is 1.85. The Morgan fingerprint density at radius 2 is 2.12 bits per heavy atom. The monoisotopic (exact) mass is 361 g/mol. The number of aromatic amines is 1. The number of nitrogens with zero attached hydrogens (tertiary/aromatic N) is 2. The zero-order chi connectivity index (χ0) is 18.0. The number of benzene rings is 1. The van der Waals surface area contributed by atoms with Gasteiger partial charge in [-0.2, -0.15) is 0 Å². The molecule has 0 atom stereocenters. The number of aromatic nitrogens is 2. The summed E-state index contributed by atoms with van der Waals surface area (Å²) < 4.78 is 10.9. The van der Waals surface area contributed by atoms with Crippen molar-refractivity contribution in [3.05, 3.63) is 44.9 Å². The highest BCUT2D eigenvalue weighted by atomic mass is 32.2. The third-order valence-electron chi connectivity index (χ3n) is 4.56. The number of ether oxygens (including phenoxy) is 2. The molecule has 0 radical (unpaired) electrons. The summed E-state index contributed by atoms with van der Waals surface area (Å²) in [6.45, 7) is 4.24. The molecule has 134 valence electrons. The SMILES string of the molecule is COc1cc(C)c(CN2CCc3nc(SC)[nH]c(=O)c3C2)c(OC)c1. The van der Waals surface area contributed by atoms with Crippen LogP contribution >= 0.6 is 11.8 Å². The van der Waals surface area contributed by atoms with Gasteiger partial charge in [0.25, 0.3) is 5.56 Å². The van der Waals surface area contributed by atoms with E-state index >= 15 is 0 Å². The smallest absolute Gasteiger partial charge is 0.256 e. The van der Waals surface area contributed by atoms with Gasteiger partial charge in [0.2, 0.25) is 0 Å². The van der Waals surface area contributed by atoms with Crippen LogP contribution in [-0.4, -0.2) is 41.9 Å². The molecule has 1 aromatic heterocycles. The molecular weight excluding hydrogens is 338 g/mol. The van der Waals surface area contributed by atoms with Crippen molar-refractivity contribution in [3.8, 4) is 11.5 Å². The van der Waals surface area contributed by atoms with Crippen molar-refractivity contribution in [2.75, 3.05) is 27.0 Å². The van der Waals surface area contributed by atoms with Crippen LogP contribution in [0.5, 0.6) is 11.5 Å². The minimum Gasteiger partial charge on any atom is -0.497 e. The summed E-state index contributed by atoms with van der Waals surface area (Å²) in [5, 5.41) is 0.685. The molecule has 0 aliphatic carbocycles. The van der Waals surface area contributed by atoms with Crippen molar-refractivity contribution in [1.29, 1.82) is 0 Å². The van der Waals surface area contributed by atoms with Crippen LogP contribution in [0.1, 0.15) is 22.4 Å². The van der Waals surface area contributed by atoms with E-state index in [1.165, 1.54) is 11.8 Å². The fraction of sp³-hybridized carbons (Fsp3) is 0.444. The molecule has 3 rings (SSSR count). The lowest BCUT2D eigenvalue weighted by atomic mass is 10.0. The van der Waals surface area contributed by atoms with Crippen molar-refractivity contribution in [2.24, 2.45) is 0 Å². The van der Waals surface area contributed by atoms with Crippen LogP contribution < -0.4 is 15.0 Å². The van der Waals surface area contributed by atoms with Gasteiger partial charge in [-0.15, -0.1) is 0 Å². The second-order valence-electron chi connectivity index (χ2n) is 6.09. The number of hydrogen-bond acceptors (Lipinski definition) is 6. The van der Waals surface area contributed by atoms with Crippen LogP contribution in [0.2, 0.25) is 0 Å². The predicted molar refractivity (Wildman–Crippen MR) is 98.7 cm³/mol. The number of H-pyrrole nitrogens is 1. The molecule has 0 spiro atoms. The fourth-order valence-electron chi connectivity index (χ4n) is 3.17. The summed E-state index contributed by atoms with van der Waals surface area (Å²) in [5.41, 5.74) is 3.90. The number of aryl methyl sites for hydroxylation is 1. The lowest BCUT2D eigenvalue weighted by molar-refractivity contribution is 0.236. The minimum absolute atomic E-state index is 0.0301. The molecule has 7 heteroatoms. The Bertz CT molecular complexity index is 835. The van der Waals surface area contributed by atoms with Crippen molar-refractivity contribution in [3.63, 3.8) is 0 Å². The van der Waals surface area contributed by atoms with E-state index in [4.69, 9.17) is 9.47 Å². The second-order valence-corrected chi connectivity index (χ2v) is 6.88. The Morgan fingerprint density at radius 3 is 2.80 bits per heavy atom. The molecule has 0 unspecified atom stereocenters. The third kappa shape index (κ3) is 3.67. The highest BCUT2D eigenvalue weighted by Gasteiger charge is 2.23. The highest BCUT2D eigenvalue weighted by molar-refractivity contribution is 7.98. The van der Waals surface area contributed by atoms with Gasteiger partial charge in [0, 0.05) is 37.7 Å². The van der Waals surface area contributed by atoms with Crippen molar-refractivity contribution in [2.45, 2.75) is 31.6 Å². The summed E-state index contributed by atoms with van der Waals surface area (Å²) in [5.74, 6) is 1.60.